The molecule has 3 aromatic heterocycles. The Balaban J connectivity index is 0.00000240. The zero-order valence-corrected chi connectivity index (χ0v) is 19.4. The normalized spacial score (nSPS) is 10.7. The van der Waals surface area contributed by atoms with E-state index >= 15 is 0 Å². The van der Waals surface area contributed by atoms with Crippen LogP contribution in [0.1, 0.15) is 16.0 Å². The second kappa shape index (κ2) is 8.50. The molecule has 6 nitrogen and oxygen atoms in total. The summed E-state index contributed by atoms with van der Waals surface area (Å²) in [6.45, 7) is 6.39. The van der Waals surface area contributed by atoms with Crippen molar-refractivity contribution in [1.82, 2.24) is 9.38 Å². The number of nitrogens with one attached hydrogen (secondary N) is 1. The summed E-state index contributed by atoms with van der Waals surface area (Å²) in [6, 6.07) is 10.4. The van der Waals surface area contributed by atoms with Crippen molar-refractivity contribution in [3.05, 3.63) is 64.9 Å². The quantitative estimate of drug-likeness (QED) is 0.298. The number of thiophene rings is 1. The number of hydrogen-bond acceptors (Lipinski definition) is 4. The molecule has 0 fully saturated rings. The molecule has 0 aliphatic rings. The van der Waals surface area contributed by atoms with Crippen LogP contribution in [0, 0.1) is 20.8 Å². The van der Waals surface area contributed by atoms with E-state index < -0.39 is 0 Å². The third-order valence-electron chi connectivity index (χ3n) is 4.66. The summed E-state index contributed by atoms with van der Waals surface area (Å²) in [5.41, 5.74) is 10.4. The van der Waals surface area contributed by atoms with Gasteiger partial charge in [0.25, 0.3) is 5.91 Å². The maximum atomic E-state index is 11.3. The number of anilines is 2. The first kappa shape index (κ1) is 21.3. The number of primary amides is 1. The minimum Gasteiger partial charge on any atom is -1.00 e. The fourth-order valence-electron chi connectivity index (χ4n) is 3.30. The number of nitrogens with zero attached hydrogens (tertiary/aromatic N) is 3. The molecule has 0 atom stereocenters. The number of nitrogens with two attached hydrogens (primary N) is 1. The number of imidazole rings is 1. The molecule has 0 bridgehead atoms. The summed E-state index contributed by atoms with van der Waals surface area (Å²) in [5, 5.41) is 3.61. The summed E-state index contributed by atoms with van der Waals surface area (Å²) >= 11 is 1.71. The van der Waals surface area contributed by atoms with Crippen molar-refractivity contribution >= 4 is 34.4 Å². The van der Waals surface area contributed by atoms with Crippen molar-refractivity contribution in [2.45, 2.75) is 27.3 Å². The SMILES string of the molecule is Cc1ccc(-c2nc3c[n+](CC(N)=O)ccn3c2Nc2c(C)cccc2C)s1.[I-]. The molecule has 0 saturated heterocycles. The van der Waals surface area contributed by atoms with E-state index in [9.17, 15) is 4.79 Å². The van der Waals surface area contributed by atoms with Crippen LogP contribution in [0.3, 0.4) is 0 Å². The van der Waals surface area contributed by atoms with Crippen LogP contribution < -0.4 is 39.6 Å². The molecule has 4 aromatic rings. The van der Waals surface area contributed by atoms with Crippen LogP contribution in [0.5, 0.6) is 0 Å². The second-order valence-electron chi connectivity index (χ2n) is 6.91. The zero-order valence-electron chi connectivity index (χ0n) is 16.4. The highest BCUT2D eigenvalue weighted by atomic mass is 127. The average Bonchev–Trinajstić information content (AvgIpc) is 3.21. The van der Waals surface area contributed by atoms with Gasteiger partial charge in [-0.2, -0.15) is 4.57 Å². The zero-order chi connectivity index (χ0) is 19.8. The number of benzene rings is 1. The molecule has 150 valence electrons. The Morgan fingerprint density at radius 3 is 2.55 bits per heavy atom. The standard InChI is InChI=1S/C21H21N5OS.HI/c1-13-5-4-6-14(2)19(13)24-21-20(16-8-7-15(3)28-16)23-18-12-25(11-17(22)27)9-10-26(18)21;/h4-10,12H,11H2,1-3H3,(H2,22,27);1H. The van der Waals surface area contributed by atoms with Crippen LogP contribution in [0.15, 0.2) is 48.9 Å². The smallest absolute Gasteiger partial charge is 0.283 e. The van der Waals surface area contributed by atoms with Gasteiger partial charge in [0.1, 0.15) is 11.5 Å². The molecule has 8 heteroatoms. The fraction of sp³-hybridized carbons (Fsp3) is 0.190. The highest BCUT2D eigenvalue weighted by Crippen LogP contribution is 2.36. The number of carbonyl (C=O) groups excluding carboxylic acids is 1. The number of rotatable bonds is 5. The first-order valence-electron chi connectivity index (χ1n) is 9.02. The molecule has 3 N–H and O–H groups in total. The van der Waals surface area contributed by atoms with Crippen molar-refractivity contribution in [3.63, 3.8) is 0 Å². The Bertz CT molecular complexity index is 1180. The molecule has 1 amide bonds. The first-order chi connectivity index (χ1) is 13.4. The number of amides is 1. The van der Waals surface area contributed by atoms with Crippen molar-refractivity contribution in [3.8, 4) is 10.6 Å². The molecule has 0 aliphatic heterocycles. The number of para-hydroxylation sites is 1. The lowest BCUT2D eigenvalue weighted by atomic mass is 10.1. The van der Waals surface area contributed by atoms with Crippen LogP contribution in [0.2, 0.25) is 0 Å². The lowest BCUT2D eigenvalue weighted by Crippen LogP contribution is -3.00. The largest absolute Gasteiger partial charge is 1.00 e. The number of aromatic nitrogens is 3. The van der Waals surface area contributed by atoms with Crippen molar-refractivity contribution < 1.29 is 33.3 Å². The van der Waals surface area contributed by atoms with Gasteiger partial charge in [0.15, 0.2) is 6.20 Å². The van der Waals surface area contributed by atoms with E-state index in [0.29, 0.717) is 0 Å². The van der Waals surface area contributed by atoms with Gasteiger partial charge in [0.2, 0.25) is 18.4 Å². The molecule has 4 rings (SSSR count). The van der Waals surface area contributed by atoms with E-state index in [1.165, 1.54) is 16.0 Å². The number of aryl methyl sites for hydroxylation is 3. The summed E-state index contributed by atoms with van der Waals surface area (Å²) in [5.74, 6) is 0.518. The molecule has 1 aromatic carbocycles. The van der Waals surface area contributed by atoms with Gasteiger partial charge in [-0.15, -0.1) is 11.3 Å². The van der Waals surface area contributed by atoms with Crippen molar-refractivity contribution in [2.24, 2.45) is 5.73 Å². The van der Waals surface area contributed by atoms with Gasteiger partial charge in [-0.05, 0) is 44.0 Å². The summed E-state index contributed by atoms with van der Waals surface area (Å²) in [7, 11) is 0. The molecule has 0 saturated carbocycles. The highest BCUT2D eigenvalue weighted by Gasteiger charge is 2.19. The maximum absolute atomic E-state index is 11.3. The van der Waals surface area contributed by atoms with E-state index in [2.05, 4.69) is 56.4 Å². The van der Waals surface area contributed by atoms with Crippen molar-refractivity contribution in [2.75, 3.05) is 5.32 Å². The van der Waals surface area contributed by atoms with E-state index in [1.807, 2.05) is 23.0 Å². The Morgan fingerprint density at radius 2 is 1.93 bits per heavy atom. The van der Waals surface area contributed by atoms with E-state index in [4.69, 9.17) is 10.7 Å². The van der Waals surface area contributed by atoms with E-state index in [0.717, 1.165) is 27.7 Å². The van der Waals surface area contributed by atoms with Crippen molar-refractivity contribution in [1.29, 1.82) is 0 Å². The summed E-state index contributed by atoms with van der Waals surface area (Å²) in [6.07, 6.45) is 5.58. The van der Waals surface area contributed by atoms with Crippen LogP contribution >= 0.6 is 11.3 Å². The summed E-state index contributed by atoms with van der Waals surface area (Å²) in [4.78, 5) is 18.5. The van der Waals surface area contributed by atoms with Gasteiger partial charge in [0, 0.05) is 10.6 Å². The second-order valence-corrected chi connectivity index (χ2v) is 8.19. The number of fused-ring (bicyclic) bond motifs is 1. The molecule has 0 unspecified atom stereocenters. The third-order valence-corrected chi connectivity index (χ3v) is 5.67. The molecule has 29 heavy (non-hydrogen) atoms. The van der Waals surface area contributed by atoms with Gasteiger partial charge in [-0.3, -0.25) is 9.20 Å². The van der Waals surface area contributed by atoms with Gasteiger partial charge in [0.05, 0.1) is 11.1 Å². The number of hydrogen-bond donors (Lipinski definition) is 2. The Kier molecular flexibility index (Phi) is 6.23. The van der Waals surface area contributed by atoms with Crippen LogP contribution in [-0.2, 0) is 11.3 Å². The van der Waals surface area contributed by atoms with E-state index in [-0.39, 0.29) is 36.4 Å². The van der Waals surface area contributed by atoms with Gasteiger partial charge < -0.3 is 35.0 Å². The predicted octanol–water partition coefficient (Wildman–Crippen LogP) is 0.508. The minimum absolute atomic E-state index is 0. The molecule has 0 aliphatic carbocycles. The van der Waals surface area contributed by atoms with Crippen LogP contribution in [0.25, 0.3) is 16.2 Å². The topological polar surface area (TPSA) is 76.3 Å². The third kappa shape index (κ3) is 4.27. The fourth-order valence-corrected chi connectivity index (χ4v) is 4.16. The lowest BCUT2D eigenvalue weighted by Gasteiger charge is -2.13. The first-order valence-corrected chi connectivity index (χ1v) is 9.83. The minimum atomic E-state index is -0.385. The van der Waals surface area contributed by atoms with Crippen LogP contribution in [-0.4, -0.2) is 15.3 Å². The Labute approximate surface area is 190 Å². The summed E-state index contributed by atoms with van der Waals surface area (Å²) < 4.78 is 3.75. The average molecular weight is 519 g/mol. The van der Waals surface area contributed by atoms with Gasteiger partial charge >= 0.3 is 0 Å². The molecular weight excluding hydrogens is 497 g/mol. The Hall–Kier alpha value is -2.46. The highest BCUT2D eigenvalue weighted by molar-refractivity contribution is 7.15. The monoisotopic (exact) mass is 519 g/mol. The number of carbonyl (C=O) groups is 1. The molecule has 0 spiro atoms. The van der Waals surface area contributed by atoms with Gasteiger partial charge in [-0.1, -0.05) is 18.2 Å². The lowest BCUT2D eigenvalue weighted by molar-refractivity contribution is -0.683. The number of halogens is 1. The van der Waals surface area contributed by atoms with Gasteiger partial charge in [-0.25, -0.2) is 4.98 Å². The molecular formula is C21H22IN5OS. The van der Waals surface area contributed by atoms with E-state index in [1.54, 1.807) is 15.9 Å². The Morgan fingerprint density at radius 1 is 1.21 bits per heavy atom. The molecule has 0 radical (unpaired) electrons. The van der Waals surface area contributed by atoms with Crippen LogP contribution in [0.4, 0.5) is 11.5 Å². The molecule has 3 heterocycles. The predicted molar refractivity (Wildman–Crippen MR) is 112 cm³/mol. The maximum Gasteiger partial charge on any atom is 0.283 e.